The molecule has 1 heterocycles. The van der Waals surface area contributed by atoms with Crippen LogP contribution in [0.15, 0.2) is 11.4 Å². The van der Waals surface area contributed by atoms with Crippen molar-refractivity contribution in [1.82, 2.24) is 0 Å². The molecule has 0 amide bonds. The second kappa shape index (κ2) is 3.93. The molecule has 0 spiro atoms. The van der Waals surface area contributed by atoms with Crippen LogP contribution in [0.3, 0.4) is 0 Å². The number of aryl methyl sites for hydroxylation is 1. The van der Waals surface area contributed by atoms with Crippen molar-refractivity contribution in [2.45, 2.75) is 32.6 Å². The van der Waals surface area contributed by atoms with Crippen molar-refractivity contribution >= 4 is 27.3 Å². The van der Waals surface area contributed by atoms with Gasteiger partial charge in [-0.05, 0) is 23.4 Å². The third kappa shape index (κ3) is 1.91. The lowest BCUT2D eigenvalue weighted by molar-refractivity contribution is 0.614. The van der Waals surface area contributed by atoms with E-state index in [1.54, 1.807) is 0 Å². The van der Waals surface area contributed by atoms with Gasteiger partial charge >= 0.3 is 0 Å². The van der Waals surface area contributed by atoms with Gasteiger partial charge in [-0.25, -0.2) is 0 Å². The lowest BCUT2D eigenvalue weighted by atomic mass is 9.91. The predicted molar refractivity (Wildman–Crippen MR) is 60.5 cm³/mol. The zero-order chi connectivity index (χ0) is 9.19. The van der Waals surface area contributed by atoms with Gasteiger partial charge in [0.25, 0.3) is 0 Å². The van der Waals surface area contributed by atoms with Gasteiger partial charge in [0, 0.05) is 15.6 Å². The van der Waals surface area contributed by atoms with Crippen molar-refractivity contribution in [3.8, 4) is 0 Å². The van der Waals surface area contributed by atoms with Crippen molar-refractivity contribution in [2.24, 2.45) is 0 Å². The molecule has 0 aliphatic carbocycles. The molecule has 0 aliphatic rings. The van der Waals surface area contributed by atoms with Crippen LogP contribution in [0.4, 0.5) is 0 Å². The van der Waals surface area contributed by atoms with E-state index < -0.39 is 0 Å². The highest BCUT2D eigenvalue weighted by atomic mass is 79.9. The summed E-state index contributed by atoms with van der Waals surface area (Å²) in [5.41, 5.74) is 1.80. The Bertz CT molecular complexity index is 250. The summed E-state index contributed by atoms with van der Waals surface area (Å²) in [5.74, 6) is 0. The number of alkyl halides is 1. The summed E-state index contributed by atoms with van der Waals surface area (Å²) >= 11 is 5.44. The number of halogens is 1. The maximum Gasteiger partial charge on any atom is 0.0142 e. The van der Waals surface area contributed by atoms with Gasteiger partial charge in [0.1, 0.15) is 0 Å². The lowest BCUT2D eigenvalue weighted by Gasteiger charge is -2.21. The van der Waals surface area contributed by atoms with E-state index in [0.717, 1.165) is 11.8 Å². The summed E-state index contributed by atoms with van der Waals surface area (Å²) in [6, 6.07) is 2.24. The number of rotatable bonds is 3. The van der Waals surface area contributed by atoms with Gasteiger partial charge in [0.2, 0.25) is 0 Å². The Labute approximate surface area is 87.1 Å². The third-order valence-corrected chi connectivity index (χ3v) is 4.80. The fraction of sp³-hybridized carbons (Fsp3) is 0.600. The van der Waals surface area contributed by atoms with Crippen molar-refractivity contribution in [3.63, 3.8) is 0 Å². The van der Waals surface area contributed by atoms with Crippen molar-refractivity contribution < 1.29 is 0 Å². The first-order valence-corrected chi connectivity index (χ1v) is 6.24. The first-order valence-electron chi connectivity index (χ1n) is 4.24. The summed E-state index contributed by atoms with van der Waals surface area (Å²) in [6.45, 7) is 6.79. The van der Waals surface area contributed by atoms with Crippen LogP contribution in [0.2, 0.25) is 0 Å². The molecular weight excluding hydrogens is 232 g/mol. The fourth-order valence-corrected chi connectivity index (χ4v) is 2.86. The van der Waals surface area contributed by atoms with E-state index >= 15 is 0 Å². The van der Waals surface area contributed by atoms with Crippen LogP contribution in [0.1, 0.15) is 31.2 Å². The van der Waals surface area contributed by atoms with Crippen LogP contribution in [-0.4, -0.2) is 5.33 Å². The van der Waals surface area contributed by atoms with Crippen molar-refractivity contribution in [1.29, 1.82) is 0 Å². The van der Waals surface area contributed by atoms with Crippen LogP contribution in [-0.2, 0) is 11.8 Å². The SMILES string of the molecule is CCc1ccsc1C(C)(C)CBr. The maximum absolute atomic E-state index is 3.56. The third-order valence-electron chi connectivity index (χ3n) is 2.08. The Morgan fingerprint density at radius 2 is 2.17 bits per heavy atom. The average Bonchev–Trinajstić information content (AvgIpc) is 2.52. The molecule has 0 radical (unpaired) electrons. The van der Waals surface area contributed by atoms with Gasteiger partial charge in [-0.3, -0.25) is 0 Å². The topological polar surface area (TPSA) is 0 Å². The van der Waals surface area contributed by atoms with Gasteiger partial charge in [0.15, 0.2) is 0 Å². The summed E-state index contributed by atoms with van der Waals surface area (Å²) in [6.07, 6.45) is 1.15. The second-order valence-corrected chi connectivity index (χ2v) is 5.12. The molecule has 12 heavy (non-hydrogen) atoms. The highest BCUT2D eigenvalue weighted by molar-refractivity contribution is 9.09. The van der Waals surface area contributed by atoms with E-state index in [0.29, 0.717) is 5.41 Å². The number of thiophene rings is 1. The van der Waals surface area contributed by atoms with Crippen molar-refractivity contribution in [3.05, 3.63) is 21.9 Å². The Morgan fingerprint density at radius 3 is 2.67 bits per heavy atom. The molecule has 0 aromatic carbocycles. The van der Waals surface area contributed by atoms with Crippen LogP contribution in [0.5, 0.6) is 0 Å². The molecule has 1 aromatic rings. The molecule has 0 unspecified atom stereocenters. The van der Waals surface area contributed by atoms with Gasteiger partial charge in [-0.1, -0.05) is 36.7 Å². The molecule has 0 saturated carbocycles. The molecule has 0 saturated heterocycles. The molecule has 68 valence electrons. The zero-order valence-corrected chi connectivity index (χ0v) is 10.3. The lowest BCUT2D eigenvalue weighted by Crippen LogP contribution is -2.18. The minimum Gasteiger partial charge on any atom is -0.148 e. The minimum absolute atomic E-state index is 0.291. The Balaban J connectivity index is 3.00. The molecule has 0 aliphatic heterocycles. The van der Waals surface area contributed by atoms with Crippen LogP contribution in [0.25, 0.3) is 0 Å². The second-order valence-electron chi connectivity index (χ2n) is 3.65. The van der Waals surface area contributed by atoms with E-state index in [1.165, 1.54) is 10.4 Å². The van der Waals surface area contributed by atoms with Gasteiger partial charge in [-0.2, -0.15) is 0 Å². The summed E-state index contributed by atoms with van der Waals surface area (Å²) in [4.78, 5) is 1.53. The van der Waals surface area contributed by atoms with E-state index in [9.17, 15) is 0 Å². The first kappa shape index (κ1) is 10.3. The quantitative estimate of drug-likeness (QED) is 0.708. The van der Waals surface area contributed by atoms with Crippen LogP contribution >= 0.6 is 27.3 Å². The first-order chi connectivity index (χ1) is 5.61. The summed E-state index contributed by atoms with van der Waals surface area (Å²) in [5, 5.41) is 3.23. The highest BCUT2D eigenvalue weighted by Crippen LogP contribution is 2.32. The summed E-state index contributed by atoms with van der Waals surface area (Å²) in [7, 11) is 0. The van der Waals surface area contributed by atoms with E-state index in [1.807, 2.05) is 11.3 Å². The maximum atomic E-state index is 3.56. The predicted octanol–water partition coefficient (Wildman–Crippen LogP) is 3.98. The molecule has 0 bridgehead atoms. The molecule has 0 fully saturated rings. The fourth-order valence-electron chi connectivity index (χ4n) is 1.27. The average molecular weight is 247 g/mol. The minimum atomic E-state index is 0.291. The van der Waals surface area contributed by atoms with E-state index in [2.05, 4.69) is 48.1 Å². The molecule has 1 aromatic heterocycles. The van der Waals surface area contributed by atoms with Gasteiger partial charge in [-0.15, -0.1) is 11.3 Å². The van der Waals surface area contributed by atoms with E-state index in [4.69, 9.17) is 0 Å². The Morgan fingerprint density at radius 1 is 1.50 bits per heavy atom. The smallest absolute Gasteiger partial charge is 0.0142 e. The number of hydrogen-bond acceptors (Lipinski definition) is 1. The van der Waals surface area contributed by atoms with Gasteiger partial charge in [0.05, 0.1) is 0 Å². The molecule has 0 nitrogen and oxygen atoms in total. The van der Waals surface area contributed by atoms with Crippen molar-refractivity contribution in [2.75, 3.05) is 5.33 Å². The Hall–Kier alpha value is 0.180. The van der Waals surface area contributed by atoms with E-state index in [-0.39, 0.29) is 0 Å². The Kier molecular flexibility index (Phi) is 3.36. The monoisotopic (exact) mass is 246 g/mol. The molecular formula is C10H15BrS. The van der Waals surface area contributed by atoms with Gasteiger partial charge < -0.3 is 0 Å². The standard InChI is InChI=1S/C10H15BrS/c1-4-8-5-6-12-9(8)10(2,3)7-11/h5-6H,4,7H2,1-3H3. The van der Waals surface area contributed by atoms with Crippen LogP contribution in [0, 0.1) is 0 Å². The molecule has 0 atom stereocenters. The molecule has 0 N–H and O–H groups in total. The normalized spacial score (nSPS) is 12.0. The number of hydrogen-bond donors (Lipinski definition) is 0. The zero-order valence-electron chi connectivity index (χ0n) is 7.86. The largest absolute Gasteiger partial charge is 0.148 e. The molecule has 2 heteroatoms. The van der Waals surface area contributed by atoms with Crippen LogP contribution < -0.4 is 0 Å². The highest BCUT2D eigenvalue weighted by Gasteiger charge is 2.22. The molecule has 1 rings (SSSR count). The summed E-state index contributed by atoms with van der Waals surface area (Å²) < 4.78 is 0.